The fraction of sp³-hybridized carbons (Fsp3) is 0.364. The third-order valence-electron chi connectivity index (χ3n) is 5.32. The highest BCUT2D eigenvalue weighted by molar-refractivity contribution is 5.94. The molecule has 0 bridgehead atoms. The van der Waals surface area contributed by atoms with Crippen molar-refractivity contribution in [3.63, 3.8) is 0 Å². The van der Waals surface area contributed by atoms with Gasteiger partial charge >= 0.3 is 0 Å². The summed E-state index contributed by atoms with van der Waals surface area (Å²) in [6, 6.07) is 11.5. The Balaban J connectivity index is 1.34. The minimum absolute atomic E-state index is 0.0859. The fourth-order valence-electron chi connectivity index (χ4n) is 3.73. The first-order valence-corrected chi connectivity index (χ1v) is 9.68. The highest BCUT2D eigenvalue weighted by atomic mass is 16.5. The van der Waals surface area contributed by atoms with Crippen LogP contribution in [0.3, 0.4) is 0 Å². The lowest BCUT2D eigenvalue weighted by Crippen LogP contribution is -2.37. The first-order valence-electron chi connectivity index (χ1n) is 9.68. The van der Waals surface area contributed by atoms with Gasteiger partial charge in [0.25, 0.3) is 5.91 Å². The summed E-state index contributed by atoms with van der Waals surface area (Å²) in [5.41, 5.74) is 3.07. The monoisotopic (exact) mass is 379 g/mol. The number of benzene rings is 1. The van der Waals surface area contributed by atoms with Crippen molar-refractivity contribution in [1.82, 2.24) is 14.9 Å². The summed E-state index contributed by atoms with van der Waals surface area (Å²) in [7, 11) is 1.64. The molecule has 6 heteroatoms. The first-order chi connectivity index (χ1) is 13.7. The molecule has 0 unspecified atom stereocenters. The average Bonchev–Trinajstić information content (AvgIpc) is 3.18. The number of nitrogens with one attached hydrogen (secondary N) is 1. The van der Waals surface area contributed by atoms with Crippen molar-refractivity contribution in [3.05, 3.63) is 60.0 Å². The molecule has 1 saturated heterocycles. The number of aromatic amines is 1. The molecule has 3 heterocycles. The number of methoxy groups -OCH3 is 1. The molecule has 0 spiro atoms. The van der Waals surface area contributed by atoms with Crippen LogP contribution in [-0.2, 0) is 4.74 Å². The Labute approximate surface area is 164 Å². The normalized spacial score (nSPS) is 15.1. The van der Waals surface area contributed by atoms with E-state index < -0.39 is 0 Å². The number of rotatable bonds is 6. The van der Waals surface area contributed by atoms with Crippen molar-refractivity contribution in [1.29, 1.82) is 0 Å². The van der Waals surface area contributed by atoms with Crippen LogP contribution in [0.15, 0.2) is 48.8 Å². The van der Waals surface area contributed by atoms with Gasteiger partial charge in [-0.3, -0.25) is 9.78 Å². The van der Waals surface area contributed by atoms with Gasteiger partial charge < -0.3 is 19.4 Å². The molecule has 0 radical (unpaired) electrons. The Hall–Kier alpha value is -2.86. The van der Waals surface area contributed by atoms with Gasteiger partial charge in [-0.25, -0.2) is 0 Å². The number of nitrogens with zero attached hydrogens (tertiary/aromatic N) is 2. The highest BCUT2D eigenvalue weighted by Gasteiger charge is 2.25. The number of hydrogen-bond acceptors (Lipinski definition) is 4. The Bertz CT molecular complexity index is 895. The van der Waals surface area contributed by atoms with Crippen molar-refractivity contribution in [2.75, 3.05) is 33.4 Å². The average molecular weight is 379 g/mol. The first kappa shape index (κ1) is 18.5. The van der Waals surface area contributed by atoms with Crippen molar-refractivity contribution in [3.8, 4) is 5.75 Å². The minimum Gasteiger partial charge on any atom is -0.491 e. The maximum atomic E-state index is 12.8. The molecule has 1 amide bonds. The summed E-state index contributed by atoms with van der Waals surface area (Å²) >= 11 is 0. The second-order valence-corrected chi connectivity index (χ2v) is 7.12. The van der Waals surface area contributed by atoms with E-state index in [0.29, 0.717) is 24.7 Å². The number of carbonyl (C=O) groups is 1. The molecule has 1 N–H and O–H groups in total. The highest BCUT2D eigenvalue weighted by Crippen LogP contribution is 2.30. The van der Waals surface area contributed by atoms with Crippen LogP contribution in [0.2, 0.25) is 0 Å². The molecule has 1 aromatic carbocycles. The summed E-state index contributed by atoms with van der Waals surface area (Å²) in [6.45, 7) is 2.58. The molecule has 146 valence electrons. The number of likely N-dealkylation sites (tertiary alicyclic amines) is 1. The molecule has 0 atom stereocenters. The second kappa shape index (κ2) is 8.44. The topological polar surface area (TPSA) is 67.5 Å². The molecule has 6 nitrogen and oxygen atoms in total. The Kier molecular flexibility index (Phi) is 5.58. The van der Waals surface area contributed by atoms with Gasteiger partial charge in [0.1, 0.15) is 12.4 Å². The van der Waals surface area contributed by atoms with Crippen LogP contribution in [0.25, 0.3) is 10.9 Å². The van der Waals surface area contributed by atoms with Gasteiger partial charge in [-0.1, -0.05) is 0 Å². The second-order valence-electron chi connectivity index (χ2n) is 7.12. The molecule has 1 fully saturated rings. The number of pyridine rings is 1. The third-order valence-corrected chi connectivity index (χ3v) is 5.32. The standard InChI is InChI=1S/C22H25N3O3/c1-27-12-13-28-19-4-2-17(3-5-19)22(26)25-10-7-16(8-11-25)21-14-18-15-23-9-6-20(18)24-21/h2-6,9,14-16,24H,7-8,10-13H2,1H3. The number of amides is 1. The zero-order chi connectivity index (χ0) is 19.3. The lowest BCUT2D eigenvalue weighted by molar-refractivity contribution is 0.0712. The molecule has 1 aliphatic rings. The van der Waals surface area contributed by atoms with Gasteiger partial charge in [-0.05, 0) is 49.2 Å². The zero-order valence-electron chi connectivity index (χ0n) is 16.1. The predicted molar refractivity (Wildman–Crippen MR) is 108 cm³/mol. The number of H-pyrrole nitrogens is 1. The lowest BCUT2D eigenvalue weighted by Gasteiger charge is -2.31. The van der Waals surface area contributed by atoms with Gasteiger partial charge in [-0.15, -0.1) is 0 Å². The predicted octanol–water partition coefficient (Wildman–Crippen LogP) is 3.61. The molecule has 2 aromatic heterocycles. The van der Waals surface area contributed by atoms with Gasteiger partial charge in [0.2, 0.25) is 0 Å². The molecular weight excluding hydrogens is 354 g/mol. The minimum atomic E-state index is 0.0859. The van der Waals surface area contributed by atoms with Gasteiger partial charge in [0, 0.05) is 60.7 Å². The smallest absolute Gasteiger partial charge is 0.253 e. The van der Waals surface area contributed by atoms with Crippen LogP contribution in [0.1, 0.15) is 34.8 Å². The van der Waals surface area contributed by atoms with E-state index in [9.17, 15) is 4.79 Å². The lowest BCUT2D eigenvalue weighted by atomic mass is 9.93. The third kappa shape index (κ3) is 4.02. The van der Waals surface area contributed by atoms with Crippen LogP contribution < -0.4 is 4.74 Å². The maximum absolute atomic E-state index is 12.8. The molecule has 28 heavy (non-hydrogen) atoms. The molecular formula is C22H25N3O3. The largest absolute Gasteiger partial charge is 0.491 e. The summed E-state index contributed by atoms with van der Waals surface area (Å²) < 4.78 is 10.5. The van der Waals surface area contributed by atoms with Crippen LogP contribution in [0.4, 0.5) is 0 Å². The van der Waals surface area contributed by atoms with Crippen LogP contribution >= 0.6 is 0 Å². The van der Waals surface area contributed by atoms with Crippen LogP contribution in [0, 0.1) is 0 Å². The number of fused-ring (bicyclic) bond motifs is 1. The quantitative estimate of drug-likeness (QED) is 0.665. The summed E-state index contributed by atoms with van der Waals surface area (Å²) in [5, 5.41) is 1.14. The van der Waals surface area contributed by atoms with E-state index in [0.717, 1.165) is 42.6 Å². The summed E-state index contributed by atoms with van der Waals surface area (Å²) in [6.07, 6.45) is 5.61. The van der Waals surface area contributed by atoms with Gasteiger partial charge in [0.05, 0.1) is 6.61 Å². The summed E-state index contributed by atoms with van der Waals surface area (Å²) in [5.74, 6) is 1.29. The van der Waals surface area contributed by atoms with E-state index in [2.05, 4.69) is 16.0 Å². The number of piperidine rings is 1. The molecule has 1 aliphatic heterocycles. The molecule has 0 aliphatic carbocycles. The van der Waals surface area contributed by atoms with E-state index in [1.54, 1.807) is 13.3 Å². The van der Waals surface area contributed by atoms with Crippen molar-refractivity contribution in [2.45, 2.75) is 18.8 Å². The van der Waals surface area contributed by atoms with E-state index in [1.807, 2.05) is 41.4 Å². The Morgan fingerprint density at radius 3 is 2.68 bits per heavy atom. The zero-order valence-corrected chi connectivity index (χ0v) is 16.1. The van der Waals surface area contributed by atoms with Gasteiger partial charge in [-0.2, -0.15) is 0 Å². The summed E-state index contributed by atoms with van der Waals surface area (Å²) in [4.78, 5) is 22.4. The Morgan fingerprint density at radius 1 is 1.18 bits per heavy atom. The van der Waals surface area contributed by atoms with Gasteiger partial charge in [0.15, 0.2) is 0 Å². The number of aromatic nitrogens is 2. The van der Waals surface area contributed by atoms with Crippen molar-refractivity contribution in [2.24, 2.45) is 0 Å². The Morgan fingerprint density at radius 2 is 1.96 bits per heavy atom. The maximum Gasteiger partial charge on any atom is 0.253 e. The van der Waals surface area contributed by atoms with E-state index >= 15 is 0 Å². The molecule has 3 aromatic rings. The fourth-order valence-corrected chi connectivity index (χ4v) is 3.73. The van der Waals surface area contributed by atoms with E-state index in [-0.39, 0.29) is 5.91 Å². The number of ether oxygens (including phenoxy) is 2. The molecule has 0 saturated carbocycles. The van der Waals surface area contributed by atoms with Crippen molar-refractivity contribution >= 4 is 16.8 Å². The molecule has 4 rings (SSSR count). The van der Waals surface area contributed by atoms with E-state index in [1.165, 1.54) is 5.69 Å². The van der Waals surface area contributed by atoms with Crippen molar-refractivity contribution < 1.29 is 14.3 Å². The van der Waals surface area contributed by atoms with Crippen LogP contribution in [-0.4, -0.2) is 54.2 Å². The number of carbonyl (C=O) groups excluding carboxylic acids is 1. The number of hydrogen-bond donors (Lipinski definition) is 1. The van der Waals surface area contributed by atoms with Crippen LogP contribution in [0.5, 0.6) is 5.75 Å². The van der Waals surface area contributed by atoms with E-state index in [4.69, 9.17) is 9.47 Å². The SMILES string of the molecule is COCCOc1ccc(C(=O)N2CCC(c3cc4cnccc4[nH]3)CC2)cc1.